The number of nitrogens with zero attached hydrogens (tertiary/aromatic N) is 2. The van der Waals surface area contributed by atoms with Crippen LogP contribution in [0.15, 0.2) is 84.9 Å². The maximum atomic E-state index is 11.2. The van der Waals surface area contributed by atoms with Crippen LogP contribution in [0.25, 0.3) is 0 Å². The van der Waals surface area contributed by atoms with E-state index in [9.17, 15) is 20.0 Å². The van der Waals surface area contributed by atoms with Gasteiger partial charge in [-0.2, -0.15) is 0 Å². The number of aliphatic carboxylic acids is 1. The molecule has 0 amide bonds. The van der Waals surface area contributed by atoms with Crippen molar-refractivity contribution in [2.45, 2.75) is 18.9 Å². The van der Waals surface area contributed by atoms with Crippen LogP contribution in [0.1, 0.15) is 29.0 Å². The summed E-state index contributed by atoms with van der Waals surface area (Å²) < 4.78 is 0. The van der Waals surface area contributed by atoms with Crippen molar-refractivity contribution in [3.8, 4) is 0 Å². The fourth-order valence-electron chi connectivity index (χ4n) is 3.50. The van der Waals surface area contributed by atoms with E-state index in [4.69, 9.17) is 0 Å². The molecule has 0 aliphatic carbocycles. The third-order valence-corrected chi connectivity index (χ3v) is 5.04. The Morgan fingerprint density at radius 2 is 1.43 bits per heavy atom. The molecule has 0 aromatic heterocycles. The van der Waals surface area contributed by atoms with Gasteiger partial charge in [0.15, 0.2) is 0 Å². The van der Waals surface area contributed by atoms with Gasteiger partial charge >= 0.3 is 5.97 Å². The molecule has 0 unspecified atom stereocenters. The smallest absolute Gasteiger partial charge is 0.304 e. The number of carboxylic acids is 1. The lowest BCUT2D eigenvalue weighted by Gasteiger charge is -2.28. The third kappa shape index (κ3) is 5.99. The molecule has 0 saturated heterocycles. The lowest BCUT2D eigenvalue weighted by Crippen LogP contribution is -2.31. The first kappa shape index (κ1) is 21.2. The Kier molecular flexibility index (Phi) is 7.29. The van der Waals surface area contributed by atoms with Gasteiger partial charge in [0.2, 0.25) is 0 Å². The Morgan fingerprint density at radius 3 is 1.90 bits per heavy atom. The zero-order chi connectivity index (χ0) is 21.3. The number of benzene rings is 3. The Bertz CT molecular complexity index is 920. The standard InChI is InChI=1S/C24H24N2O4/c27-24(28)15-16-25(17-19-11-13-22(14-12-19)26(29)30)18-23(20-7-3-1-4-8-20)21-9-5-2-6-10-21/h1-14,23H,15-18H2,(H,27,28). The molecule has 0 atom stereocenters. The van der Waals surface area contributed by atoms with Crippen LogP contribution in [0.3, 0.4) is 0 Å². The first-order valence-electron chi connectivity index (χ1n) is 9.80. The molecule has 0 fully saturated rings. The summed E-state index contributed by atoms with van der Waals surface area (Å²) in [5.74, 6) is -0.765. The van der Waals surface area contributed by atoms with Crippen LogP contribution >= 0.6 is 0 Å². The molecule has 3 aromatic rings. The zero-order valence-corrected chi connectivity index (χ0v) is 16.6. The highest BCUT2D eigenvalue weighted by atomic mass is 16.6. The number of non-ortho nitro benzene ring substituents is 1. The monoisotopic (exact) mass is 404 g/mol. The number of nitro groups is 1. The minimum atomic E-state index is -0.848. The van der Waals surface area contributed by atoms with Crippen LogP contribution in [0, 0.1) is 10.1 Å². The summed E-state index contributed by atoms with van der Waals surface area (Å²) in [6.07, 6.45) is 0.0310. The molecule has 0 aliphatic rings. The van der Waals surface area contributed by atoms with Gasteiger partial charge in [-0.25, -0.2) is 0 Å². The van der Waals surface area contributed by atoms with E-state index in [1.165, 1.54) is 12.1 Å². The highest BCUT2D eigenvalue weighted by Gasteiger charge is 2.19. The van der Waals surface area contributed by atoms with Crippen LogP contribution in [-0.2, 0) is 11.3 Å². The summed E-state index contributed by atoms with van der Waals surface area (Å²) in [5.41, 5.74) is 3.27. The number of rotatable bonds is 10. The fraction of sp³-hybridized carbons (Fsp3) is 0.208. The van der Waals surface area contributed by atoms with Gasteiger partial charge in [-0.3, -0.25) is 19.8 Å². The quantitative estimate of drug-likeness (QED) is 0.391. The van der Waals surface area contributed by atoms with Crippen molar-refractivity contribution >= 4 is 11.7 Å². The minimum absolute atomic E-state index is 0.0310. The molecular weight excluding hydrogens is 380 g/mol. The van der Waals surface area contributed by atoms with Gasteiger partial charge < -0.3 is 5.11 Å². The Labute approximate surface area is 175 Å². The summed E-state index contributed by atoms with van der Waals surface area (Å²) in [6.45, 7) is 1.54. The van der Waals surface area contributed by atoms with E-state index in [1.807, 2.05) is 36.4 Å². The molecule has 0 saturated carbocycles. The van der Waals surface area contributed by atoms with Gasteiger partial charge in [-0.1, -0.05) is 72.8 Å². The normalized spacial score (nSPS) is 11.0. The van der Waals surface area contributed by atoms with Gasteiger partial charge in [0.05, 0.1) is 11.3 Å². The van der Waals surface area contributed by atoms with Crippen molar-refractivity contribution in [1.29, 1.82) is 0 Å². The number of carbonyl (C=O) groups is 1. The highest BCUT2D eigenvalue weighted by Crippen LogP contribution is 2.26. The summed E-state index contributed by atoms with van der Waals surface area (Å²) >= 11 is 0. The highest BCUT2D eigenvalue weighted by molar-refractivity contribution is 5.66. The Hall–Kier alpha value is -3.51. The van der Waals surface area contributed by atoms with Crippen molar-refractivity contribution in [3.63, 3.8) is 0 Å². The first-order chi connectivity index (χ1) is 14.5. The van der Waals surface area contributed by atoms with Gasteiger partial charge in [-0.05, 0) is 16.7 Å². The molecule has 6 heteroatoms. The lowest BCUT2D eigenvalue weighted by molar-refractivity contribution is -0.384. The van der Waals surface area contributed by atoms with Crippen molar-refractivity contribution in [1.82, 2.24) is 4.90 Å². The second kappa shape index (κ2) is 10.3. The number of carboxylic acid groups (broad SMARTS) is 1. The van der Waals surface area contributed by atoms with Gasteiger partial charge in [0, 0.05) is 37.7 Å². The largest absolute Gasteiger partial charge is 0.481 e. The topological polar surface area (TPSA) is 83.7 Å². The summed E-state index contributed by atoms with van der Waals surface area (Å²) in [5, 5.41) is 20.1. The van der Waals surface area contributed by atoms with Gasteiger partial charge in [0.1, 0.15) is 0 Å². The van der Waals surface area contributed by atoms with E-state index in [1.54, 1.807) is 12.1 Å². The van der Waals surface area contributed by atoms with Crippen molar-refractivity contribution < 1.29 is 14.8 Å². The molecule has 1 N–H and O–H groups in total. The van der Waals surface area contributed by atoms with Crippen LogP contribution in [0.4, 0.5) is 5.69 Å². The Morgan fingerprint density at radius 1 is 0.900 bits per heavy atom. The first-order valence-corrected chi connectivity index (χ1v) is 9.80. The SMILES string of the molecule is O=C(O)CCN(Cc1ccc([N+](=O)[O-])cc1)CC(c1ccccc1)c1ccccc1. The number of hydrogen-bond donors (Lipinski definition) is 1. The van der Waals surface area contributed by atoms with E-state index in [0.717, 1.165) is 16.7 Å². The summed E-state index contributed by atoms with van der Waals surface area (Å²) in [4.78, 5) is 23.8. The maximum absolute atomic E-state index is 11.2. The average molecular weight is 404 g/mol. The predicted octanol–water partition coefficient (Wildman–Crippen LogP) is 4.70. The zero-order valence-electron chi connectivity index (χ0n) is 16.6. The molecule has 30 heavy (non-hydrogen) atoms. The van der Waals surface area contributed by atoms with Gasteiger partial charge in [0.25, 0.3) is 5.69 Å². The number of nitro benzene ring substituents is 1. The maximum Gasteiger partial charge on any atom is 0.304 e. The third-order valence-electron chi connectivity index (χ3n) is 5.04. The molecule has 154 valence electrons. The molecule has 3 aromatic carbocycles. The van der Waals surface area contributed by atoms with E-state index in [0.29, 0.717) is 19.6 Å². The molecule has 0 spiro atoms. The van der Waals surface area contributed by atoms with E-state index < -0.39 is 10.9 Å². The molecule has 0 heterocycles. The van der Waals surface area contributed by atoms with Crippen LogP contribution in [0.2, 0.25) is 0 Å². The van der Waals surface area contributed by atoms with Crippen molar-refractivity contribution in [2.75, 3.05) is 13.1 Å². The molecule has 3 rings (SSSR count). The van der Waals surface area contributed by atoms with E-state index >= 15 is 0 Å². The molecule has 6 nitrogen and oxygen atoms in total. The molecule has 0 bridgehead atoms. The fourth-order valence-corrected chi connectivity index (χ4v) is 3.50. The molecule has 0 aliphatic heterocycles. The van der Waals surface area contributed by atoms with Crippen molar-refractivity contribution in [3.05, 3.63) is 112 Å². The average Bonchev–Trinajstić information content (AvgIpc) is 2.77. The predicted molar refractivity (Wildman–Crippen MR) is 115 cm³/mol. The van der Waals surface area contributed by atoms with E-state index in [2.05, 4.69) is 29.2 Å². The van der Waals surface area contributed by atoms with Crippen molar-refractivity contribution in [2.24, 2.45) is 0 Å². The summed E-state index contributed by atoms with van der Waals surface area (Å²) in [6, 6.07) is 26.7. The molecule has 0 radical (unpaired) electrons. The second-order valence-corrected chi connectivity index (χ2v) is 7.18. The van der Waals surface area contributed by atoms with Crippen LogP contribution in [-0.4, -0.2) is 34.0 Å². The second-order valence-electron chi connectivity index (χ2n) is 7.18. The minimum Gasteiger partial charge on any atom is -0.481 e. The molecular formula is C24H24N2O4. The van der Waals surface area contributed by atoms with Gasteiger partial charge in [-0.15, -0.1) is 0 Å². The number of hydrogen-bond acceptors (Lipinski definition) is 4. The van der Waals surface area contributed by atoms with E-state index in [-0.39, 0.29) is 18.0 Å². The Balaban J connectivity index is 1.85. The van der Waals surface area contributed by atoms with Crippen LogP contribution < -0.4 is 0 Å². The van der Waals surface area contributed by atoms with Crippen LogP contribution in [0.5, 0.6) is 0 Å². The lowest BCUT2D eigenvalue weighted by atomic mass is 9.90. The summed E-state index contributed by atoms with van der Waals surface area (Å²) in [7, 11) is 0.